The van der Waals surface area contributed by atoms with E-state index < -0.39 is 0 Å². The molecule has 3 rings (SSSR count). The van der Waals surface area contributed by atoms with Gasteiger partial charge in [0.25, 0.3) is 5.22 Å². The van der Waals surface area contributed by atoms with Gasteiger partial charge in [0.05, 0.1) is 27.1 Å². The van der Waals surface area contributed by atoms with Gasteiger partial charge in [-0.15, -0.1) is 10.2 Å². The molecule has 0 aliphatic carbocycles. The van der Waals surface area contributed by atoms with Gasteiger partial charge in [-0.3, -0.25) is 4.79 Å². The minimum absolute atomic E-state index is 0.0993. The van der Waals surface area contributed by atoms with E-state index in [0.717, 1.165) is 12.8 Å². The van der Waals surface area contributed by atoms with E-state index in [1.807, 2.05) is 4.90 Å². The van der Waals surface area contributed by atoms with Crippen molar-refractivity contribution in [3.8, 4) is 28.7 Å². The van der Waals surface area contributed by atoms with Gasteiger partial charge in [-0.2, -0.15) is 0 Å². The lowest BCUT2D eigenvalue weighted by atomic mass is 9.98. The summed E-state index contributed by atoms with van der Waals surface area (Å²) in [5.41, 5.74) is 0.642. The summed E-state index contributed by atoms with van der Waals surface area (Å²) in [6.07, 6.45) is 3.26. The van der Waals surface area contributed by atoms with Crippen LogP contribution in [0.1, 0.15) is 33.1 Å². The maximum atomic E-state index is 12.7. The van der Waals surface area contributed by atoms with E-state index in [2.05, 4.69) is 24.0 Å². The SMILES string of the molecule is COc1cc(-c2nnc(SCC(=O)N3C(C)CCCC3C)o2)cc(OC)c1OC. The summed E-state index contributed by atoms with van der Waals surface area (Å²) in [5.74, 6) is 2.17. The summed E-state index contributed by atoms with van der Waals surface area (Å²) in [5, 5.41) is 8.51. The summed E-state index contributed by atoms with van der Waals surface area (Å²) < 4.78 is 21.8. The molecule has 1 amide bonds. The van der Waals surface area contributed by atoms with Crippen LogP contribution in [0.25, 0.3) is 11.5 Å². The molecule has 1 aromatic carbocycles. The number of rotatable bonds is 7. The van der Waals surface area contributed by atoms with Crippen LogP contribution in [0, 0.1) is 0 Å². The molecular weight excluding hydrogens is 394 g/mol. The van der Waals surface area contributed by atoms with E-state index in [4.69, 9.17) is 18.6 Å². The quantitative estimate of drug-likeness (QED) is 0.626. The summed E-state index contributed by atoms with van der Waals surface area (Å²) in [4.78, 5) is 14.7. The van der Waals surface area contributed by atoms with Crippen LogP contribution in [0.3, 0.4) is 0 Å². The Balaban J connectivity index is 1.72. The van der Waals surface area contributed by atoms with Gasteiger partial charge in [0.1, 0.15) is 0 Å². The second-order valence-electron chi connectivity index (χ2n) is 7.01. The number of carbonyl (C=O) groups excluding carboxylic acids is 1. The van der Waals surface area contributed by atoms with Crippen LogP contribution >= 0.6 is 11.8 Å². The second kappa shape index (κ2) is 9.39. The lowest BCUT2D eigenvalue weighted by molar-refractivity contribution is -0.134. The molecule has 0 saturated carbocycles. The number of hydrogen-bond donors (Lipinski definition) is 0. The van der Waals surface area contributed by atoms with Crippen LogP contribution in [-0.2, 0) is 4.79 Å². The van der Waals surface area contributed by atoms with Crippen LogP contribution in [-0.4, -0.2) is 60.2 Å². The summed E-state index contributed by atoms with van der Waals surface area (Å²) >= 11 is 1.25. The van der Waals surface area contributed by atoms with Gasteiger partial charge in [0.2, 0.25) is 17.5 Å². The van der Waals surface area contributed by atoms with Crippen LogP contribution in [0.4, 0.5) is 0 Å². The zero-order valence-electron chi connectivity index (χ0n) is 17.4. The molecule has 1 fully saturated rings. The van der Waals surface area contributed by atoms with E-state index >= 15 is 0 Å². The zero-order chi connectivity index (χ0) is 21.0. The molecule has 8 nitrogen and oxygen atoms in total. The fraction of sp³-hybridized carbons (Fsp3) is 0.550. The Kier molecular flexibility index (Phi) is 6.89. The molecular formula is C20H27N3O5S. The van der Waals surface area contributed by atoms with Crippen molar-refractivity contribution in [1.29, 1.82) is 0 Å². The molecule has 0 radical (unpaired) electrons. The number of likely N-dealkylation sites (tertiary alicyclic amines) is 1. The largest absolute Gasteiger partial charge is 0.493 e. The Morgan fingerprint density at radius 2 is 1.72 bits per heavy atom. The molecule has 0 bridgehead atoms. The van der Waals surface area contributed by atoms with Crippen molar-refractivity contribution in [2.24, 2.45) is 0 Å². The first-order valence-corrected chi connectivity index (χ1v) is 10.5. The highest BCUT2D eigenvalue weighted by Crippen LogP contribution is 2.41. The highest BCUT2D eigenvalue weighted by Gasteiger charge is 2.29. The predicted molar refractivity (Wildman–Crippen MR) is 110 cm³/mol. The molecule has 0 N–H and O–H groups in total. The molecule has 2 aromatic rings. The number of ether oxygens (including phenoxy) is 3. The van der Waals surface area contributed by atoms with E-state index in [0.29, 0.717) is 33.9 Å². The normalized spacial score (nSPS) is 19.1. The fourth-order valence-electron chi connectivity index (χ4n) is 3.70. The highest BCUT2D eigenvalue weighted by molar-refractivity contribution is 7.99. The van der Waals surface area contributed by atoms with Crippen molar-refractivity contribution in [3.63, 3.8) is 0 Å². The molecule has 2 unspecified atom stereocenters. The molecule has 1 aliphatic rings. The Bertz CT molecular complexity index is 821. The zero-order valence-corrected chi connectivity index (χ0v) is 18.2. The Morgan fingerprint density at radius 1 is 1.10 bits per heavy atom. The third-order valence-electron chi connectivity index (χ3n) is 5.12. The molecule has 29 heavy (non-hydrogen) atoms. The van der Waals surface area contributed by atoms with Crippen molar-refractivity contribution in [2.75, 3.05) is 27.1 Å². The maximum absolute atomic E-state index is 12.7. The van der Waals surface area contributed by atoms with Gasteiger partial charge in [0.15, 0.2) is 11.5 Å². The summed E-state index contributed by atoms with van der Waals surface area (Å²) in [7, 11) is 4.64. The van der Waals surface area contributed by atoms with Crippen LogP contribution in [0.5, 0.6) is 17.2 Å². The van der Waals surface area contributed by atoms with Gasteiger partial charge in [-0.25, -0.2) is 0 Å². The minimum atomic E-state index is 0.0993. The van der Waals surface area contributed by atoms with Crippen molar-refractivity contribution in [2.45, 2.75) is 50.4 Å². The first-order valence-electron chi connectivity index (χ1n) is 9.56. The molecule has 2 heterocycles. The number of piperidine rings is 1. The maximum Gasteiger partial charge on any atom is 0.277 e. The third kappa shape index (κ3) is 4.60. The first-order chi connectivity index (χ1) is 14.0. The van der Waals surface area contributed by atoms with Gasteiger partial charge in [-0.05, 0) is 45.2 Å². The van der Waals surface area contributed by atoms with E-state index in [1.165, 1.54) is 18.2 Å². The highest BCUT2D eigenvalue weighted by atomic mass is 32.2. The van der Waals surface area contributed by atoms with Crippen molar-refractivity contribution >= 4 is 17.7 Å². The minimum Gasteiger partial charge on any atom is -0.493 e. The topological polar surface area (TPSA) is 86.9 Å². The van der Waals surface area contributed by atoms with Gasteiger partial charge in [0, 0.05) is 17.6 Å². The van der Waals surface area contributed by atoms with Crippen molar-refractivity contribution in [1.82, 2.24) is 15.1 Å². The first kappa shape index (κ1) is 21.3. The van der Waals surface area contributed by atoms with E-state index in [1.54, 1.807) is 33.5 Å². The van der Waals surface area contributed by atoms with Crippen molar-refractivity contribution in [3.05, 3.63) is 12.1 Å². The van der Waals surface area contributed by atoms with Gasteiger partial charge in [-0.1, -0.05) is 11.8 Å². The average Bonchev–Trinajstić information content (AvgIpc) is 3.20. The number of methoxy groups -OCH3 is 3. The fourth-order valence-corrected chi connectivity index (χ4v) is 4.33. The smallest absolute Gasteiger partial charge is 0.277 e. The molecule has 1 aromatic heterocycles. The second-order valence-corrected chi connectivity index (χ2v) is 7.93. The van der Waals surface area contributed by atoms with Crippen LogP contribution < -0.4 is 14.2 Å². The number of amides is 1. The monoisotopic (exact) mass is 421 g/mol. The van der Waals surface area contributed by atoms with Crippen LogP contribution in [0.2, 0.25) is 0 Å². The summed E-state index contributed by atoms with van der Waals surface area (Å²) in [6.45, 7) is 4.21. The summed E-state index contributed by atoms with van der Waals surface area (Å²) in [6, 6.07) is 4.02. The number of thioether (sulfide) groups is 1. The van der Waals surface area contributed by atoms with E-state index in [9.17, 15) is 4.79 Å². The number of hydrogen-bond acceptors (Lipinski definition) is 8. The lowest BCUT2D eigenvalue weighted by Crippen LogP contribution is -2.48. The molecule has 1 saturated heterocycles. The Hall–Kier alpha value is -2.42. The number of benzene rings is 1. The van der Waals surface area contributed by atoms with Gasteiger partial charge < -0.3 is 23.5 Å². The molecule has 158 valence electrons. The van der Waals surface area contributed by atoms with Crippen molar-refractivity contribution < 1.29 is 23.4 Å². The van der Waals surface area contributed by atoms with E-state index in [-0.39, 0.29) is 23.7 Å². The molecule has 1 aliphatic heterocycles. The molecule has 2 atom stereocenters. The number of nitrogens with zero attached hydrogens (tertiary/aromatic N) is 3. The average molecular weight is 422 g/mol. The Labute approximate surface area is 174 Å². The standard InChI is InChI=1S/C20H27N3O5S/c1-12-7-6-8-13(2)23(12)17(24)11-29-20-22-21-19(28-20)14-9-15(25-3)18(27-5)16(10-14)26-4/h9-10,12-13H,6-8,11H2,1-5H3. The number of carbonyl (C=O) groups is 1. The number of aromatic nitrogens is 2. The molecule has 9 heteroatoms. The van der Waals surface area contributed by atoms with Gasteiger partial charge >= 0.3 is 0 Å². The Morgan fingerprint density at radius 3 is 2.28 bits per heavy atom. The lowest BCUT2D eigenvalue weighted by Gasteiger charge is -2.39. The molecule has 0 spiro atoms. The van der Waals surface area contributed by atoms with Crippen LogP contribution in [0.15, 0.2) is 21.8 Å². The predicted octanol–water partition coefficient (Wildman–Crippen LogP) is 3.64. The third-order valence-corrected chi connectivity index (χ3v) is 5.92.